The molecule has 2 aromatic rings. The molecule has 5 heteroatoms. The Kier molecular flexibility index (Phi) is 2.71. The van der Waals surface area contributed by atoms with Crippen LogP contribution in [-0.2, 0) is 0 Å². The van der Waals surface area contributed by atoms with Gasteiger partial charge in [-0.25, -0.2) is 4.39 Å². The van der Waals surface area contributed by atoms with Gasteiger partial charge in [-0.2, -0.15) is 5.26 Å². The van der Waals surface area contributed by atoms with Gasteiger partial charge < -0.3 is 15.5 Å². The fourth-order valence-corrected chi connectivity index (χ4v) is 1.55. The van der Waals surface area contributed by atoms with Crippen LogP contribution in [0.1, 0.15) is 5.56 Å². The average Bonchev–Trinajstić information content (AvgIpc) is 2.70. The van der Waals surface area contributed by atoms with Crippen LogP contribution in [0.25, 0.3) is 11.3 Å². The Morgan fingerprint density at radius 3 is 2.71 bits per heavy atom. The van der Waals surface area contributed by atoms with Crippen LogP contribution in [0.4, 0.5) is 10.2 Å². The van der Waals surface area contributed by atoms with Crippen LogP contribution in [0.2, 0.25) is 0 Å². The lowest BCUT2D eigenvalue weighted by Gasteiger charge is -2.03. The second-order valence-electron chi connectivity index (χ2n) is 3.47. The highest BCUT2D eigenvalue weighted by Gasteiger charge is 2.09. The molecule has 0 spiro atoms. The minimum Gasteiger partial charge on any atom is -0.494 e. The zero-order valence-corrected chi connectivity index (χ0v) is 9.12. The van der Waals surface area contributed by atoms with Crippen molar-refractivity contribution in [2.24, 2.45) is 0 Å². The van der Waals surface area contributed by atoms with Crippen LogP contribution in [0, 0.1) is 17.1 Å². The summed E-state index contributed by atoms with van der Waals surface area (Å²) in [5.74, 6) is -0.0100. The van der Waals surface area contributed by atoms with Gasteiger partial charge in [-0.3, -0.25) is 0 Å². The lowest BCUT2D eigenvalue weighted by molar-refractivity contribution is 0.386. The number of aromatic amines is 1. The highest BCUT2D eigenvalue weighted by Crippen LogP contribution is 2.27. The third kappa shape index (κ3) is 1.93. The van der Waals surface area contributed by atoms with Gasteiger partial charge in [0.2, 0.25) is 0 Å². The predicted molar refractivity (Wildman–Crippen MR) is 61.9 cm³/mol. The third-order valence-corrected chi connectivity index (χ3v) is 2.43. The lowest BCUT2D eigenvalue weighted by atomic mass is 10.1. The molecule has 3 N–H and O–H groups in total. The Balaban J connectivity index is 2.47. The van der Waals surface area contributed by atoms with Crippen molar-refractivity contribution in [1.82, 2.24) is 4.98 Å². The van der Waals surface area contributed by atoms with Gasteiger partial charge in [0.05, 0.1) is 12.7 Å². The molecule has 1 heterocycles. The van der Waals surface area contributed by atoms with Gasteiger partial charge in [-0.15, -0.1) is 0 Å². The first-order valence-corrected chi connectivity index (χ1v) is 4.88. The molecule has 0 saturated carbocycles. The number of nitrogen functional groups attached to an aromatic ring is 1. The van der Waals surface area contributed by atoms with Gasteiger partial charge in [0.25, 0.3) is 0 Å². The largest absolute Gasteiger partial charge is 0.494 e. The van der Waals surface area contributed by atoms with Crippen LogP contribution in [0.5, 0.6) is 5.75 Å². The Bertz CT molecular complexity index is 598. The number of halogens is 1. The topological polar surface area (TPSA) is 74.8 Å². The molecule has 86 valence electrons. The smallest absolute Gasteiger partial charge is 0.165 e. The first-order chi connectivity index (χ1) is 8.15. The zero-order chi connectivity index (χ0) is 12.4. The predicted octanol–water partition coefficient (Wildman–Crippen LogP) is 2.28. The normalized spacial score (nSPS) is 9.94. The zero-order valence-electron chi connectivity index (χ0n) is 9.12. The molecule has 0 amide bonds. The number of nitriles is 1. The number of H-pyrrole nitrogens is 1. The first kappa shape index (κ1) is 11.0. The number of benzene rings is 1. The Morgan fingerprint density at radius 1 is 1.41 bits per heavy atom. The van der Waals surface area contributed by atoms with E-state index in [1.165, 1.54) is 19.2 Å². The summed E-state index contributed by atoms with van der Waals surface area (Å²) in [6.45, 7) is 0. The van der Waals surface area contributed by atoms with E-state index in [9.17, 15) is 4.39 Å². The van der Waals surface area contributed by atoms with Crippen LogP contribution in [0.3, 0.4) is 0 Å². The number of nitrogens with zero attached hydrogens (tertiary/aromatic N) is 1. The second-order valence-corrected chi connectivity index (χ2v) is 3.47. The molecule has 1 aromatic carbocycles. The maximum atomic E-state index is 13.5. The maximum Gasteiger partial charge on any atom is 0.165 e. The maximum absolute atomic E-state index is 13.5. The number of aromatic nitrogens is 1. The number of nitrogens with two attached hydrogens (primary N) is 1. The minimum absolute atomic E-state index is 0.175. The van der Waals surface area contributed by atoms with Crippen molar-refractivity contribution in [3.8, 4) is 23.1 Å². The minimum atomic E-state index is -0.461. The molecule has 0 aliphatic rings. The average molecular weight is 231 g/mol. The van der Waals surface area contributed by atoms with Crippen molar-refractivity contribution in [3.63, 3.8) is 0 Å². The van der Waals surface area contributed by atoms with Crippen molar-refractivity contribution in [1.29, 1.82) is 5.26 Å². The summed E-state index contributed by atoms with van der Waals surface area (Å²) < 4.78 is 18.3. The van der Waals surface area contributed by atoms with Crippen LogP contribution in [-0.4, -0.2) is 12.1 Å². The van der Waals surface area contributed by atoms with Crippen molar-refractivity contribution in [2.45, 2.75) is 0 Å². The van der Waals surface area contributed by atoms with E-state index >= 15 is 0 Å². The van der Waals surface area contributed by atoms with Crippen molar-refractivity contribution in [3.05, 3.63) is 35.6 Å². The summed E-state index contributed by atoms with van der Waals surface area (Å²) in [7, 11) is 1.40. The molecule has 17 heavy (non-hydrogen) atoms. The summed E-state index contributed by atoms with van der Waals surface area (Å²) in [4.78, 5) is 2.82. The van der Waals surface area contributed by atoms with Crippen LogP contribution >= 0.6 is 0 Å². The SMILES string of the molecule is COc1ccc(-c2cc(C#N)c(N)[nH]2)cc1F. The summed E-state index contributed by atoms with van der Waals surface area (Å²) >= 11 is 0. The molecule has 4 nitrogen and oxygen atoms in total. The molecule has 0 aliphatic carbocycles. The molecule has 0 unspecified atom stereocenters. The van der Waals surface area contributed by atoms with Crippen molar-refractivity contribution in [2.75, 3.05) is 12.8 Å². The van der Waals surface area contributed by atoms with E-state index in [1.807, 2.05) is 6.07 Å². The Labute approximate surface area is 97.4 Å². The third-order valence-electron chi connectivity index (χ3n) is 2.43. The molecule has 2 rings (SSSR count). The van der Waals surface area contributed by atoms with Crippen LogP contribution in [0.15, 0.2) is 24.3 Å². The molecule has 0 fully saturated rings. The Hall–Kier alpha value is -2.48. The van der Waals surface area contributed by atoms with E-state index in [1.54, 1.807) is 12.1 Å². The van der Waals surface area contributed by atoms with E-state index in [0.29, 0.717) is 16.8 Å². The molecule has 0 radical (unpaired) electrons. The van der Waals surface area contributed by atoms with Gasteiger partial charge in [0, 0.05) is 11.3 Å². The standard InChI is InChI=1S/C12H10FN3O/c1-17-11-3-2-7(4-9(11)13)10-5-8(6-14)12(15)16-10/h2-5,16H,15H2,1H3. The molecule has 0 bridgehead atoms. The van der Waals surface area contributed by atoms with Gasteiger partial charge in [-0.05, 0) is 24.3 Å². The quantitative estimate of drug-likeness (QED) is 0.832. The lowest BCUT2D eigenvalue weighted by Crippen LogP contribution is -1.89. The van der Waals surface area contributed by atoms with Crippen LogP contribution < -0.4 is 10.5 Å². The number of hydrogen-bond donors (Lipinski definition) is 2. The molecule has 1 aromatic heterocycles. The highest BCUT2D eigenvalue weighted by atomic mass is 19.1. The summed E-state index contributed by atoms with van der Waals surface area (Å²) in [6, 6.07) is 8.06. The van der Waals surface area contributed by atoms with Gasteiger partial charge >= 0.3 is 0 Å². The van der Waals surface area contributed by atoms with Gasteiger partial charge in [0.1, 0.15) is 11.9 Å². The van der Waals surface area contributed by atoms with E-state index in [2.05, 4.69) is 4.98 Å². The summed E-state index contributed by atoms with van der Waals surface area (Å²) in [6.07, 6.45) is 0. The van der Waals surface area contributed by atoms with E-state index in [0.717, 1.165) is 0 Å². The van der Waals surface area contributed by atoms with Gasteiger partial charge in [0.15, 0.2) is 11.6 Å². The molecule has 0 atom stereocenters. The summed E-state index contributed by atoms with van der Waals surface area (Å²) in [5, 5.41) is 8.77. The van der Waals surface area contributed by atoms with E-state index in [4.69, 9.17) is 15.7 Å². The number of anilines is 1. The van der Waals surface area contributed by atoms with E-state index < -0.39 is 5.82 Å². The second kappa shape index (κ2) is 4.18. The number of ether oxygens (including phenoxy) is 1. The highest BCUT2D eigenvalue weighted by molar-refractivity contribution is 5.68. The number of hydrogen-bond acceptors (Lipinski definition) is 3. The molecular weight excluding hydrogens is 221 g/mol. The van der Waals surface area contributed by atoms with Crippen molar-refractivity contribution >= 4 is 5.82 Å². The number of rotatable bonds is 2. The van der Waals surface area contributed by atoms with Gasteiger partial charge in [-0.1, -0.05) is 0 Å². The van der Waals surface area contributed by atoms with Crippen molar-refractivity contribution < 1.29 is 9.13 Å². The number of nitrogens with one attached hydrogen (secondary N) is 1. The molecular formula is C12H10FN3O. The molecule has 0 saturated heterocycles. The summed E-state index contributed by atoms with van der Waals surface area (Å²) in [5.41, 5.74) is 7.14. The van der Waals surface area contributed by atoms with E-state index in [-0.39, 0.29) is 11.6 Å². The fourth-order valence-electron chi connectivity index (χ4n) is 1.55. The first-order valence-electron chi connectivity index (χ1n) is 4.88. The number of methoxy groups -OCH3 is 1. The Morgan fingerprint density at radius 2 is 2.18 bits per heavy atom. The monoisotopic (exact) mass is 231 g/mol. The molecule has 0 aliphatic heterocycles. The fraction of sp³-hybridized carbons (Fsp3) is 0.0833.